The van der Waals surface area contributed by atoms with E-state index in [1.54, 1.807) is 18.9 Å². The molecule has 1 heterocycles. The molecule has 1 rings (SSSR count). The molecular weight excluding hydrogens is 162 g/mol. The van der Waals surface area contributed by atoms with Gasteiger partial charge < -0.3 is 4.74 Å². The smallest absolute Gasteiger partial charge is 0.183 e. The molecule has 1 atom stereocenters. The summed E-state index contributed by atoms with van der Waals surface area (Å²) in [5.41, 5.74) is 0. The van der Waals surface area contributed by atoms with E-state index in [-0.39, 0.29) is 6.10 Å². The maximum atomic E-state index is 5.07. The van der Waals surface area contributed by atoms with Crippen molar-refractivity contribution in [2.45, 2.75) is 18.2 Å². The number of H-pyrrole nitrogens is 1. The molecule has 0 aliphatic rings. The Hall–Kier alpha value is -0.550. The number of hydrogen-bond acceptors (Lipinski definition) is 4. The first-order chi connectivity index (χ1) is 5.33. The van der Waals surface area contributed by atoms with E-state index in [4.69, 9.17) is 4.74 Å². The Morgan fingerprint density at radius 1 is 1.82 bits per heavy atom. The summed E-state index contributed by atoms with van der Waals surface area (Å²) >= 11 is 1.61. The zero-order chi connectivity index (χ0) is 8.10. The first-order valence-electron chi connectivity index (χ1n) is 3.34. The van der Waals surface area contributed by atoms with Gasteiger partial charge in [0.1, 0.15) is 6.33 Å². The summed E-state index contributed by atoms with van der Waals surface area (Å²) < 4.78 is 5.07. The summed E-state index contributed by atoms with van der Waals surface area (Å²) in [6.45, 7) is 2.02. The zero-order valence-electron chi connectivity index (χ0n) is 6.57. The molecule has 0 saturated heterocycles. The SMILES string of the molecule is COC(C)CSc1ncn[nH]1. The van der Waals surface area contributed by atoms with Crippen molar-refractivity contribution in [3.63, 3.8) is 0 Å². The van der Waals surface area contributed by atoms with Gasteiger partial charge in [-0.05, 0) is 6.92 Å². The number of aromatic nitrogens is 3. The summed E-state index contributed by atoms with van der Waals surface area (Å²) in [7, 11) is 1.70. The van der Waals surface area contributed by atoms with Gasteiger partial charge in [0, 0.05) is 12.9 Å². The number of thioether (sulfide) groups is 1. The fraction of sp³-hybridized carbons (Fsp3) is 0.667. The average Bonchev–Trinajstić information content (AvgIpc) is 2.52. The zero-order valence-corrected chi connectivity index (χ0v) is 7.39. The van der Waals surface area contributed by atoms with Gasteiger partial charge in [0.25, 0.3) is 0 Å². The summed E-state index contributed by atoms with van der Waals surface area (Å²) in [6.07, 6.45) is 1.75. The summed E-state index contributed by atoms with van der Waals surface area (Å²) in [5, 5.41) is 7.33. The molecule has 0 radical (unpaired) electrons. The lowest BCUT2D eigenvalue weighted by Gasteiger charge is -2.05. The molecule has 0 saturated carbocycles. The van der Waals surface area contributed by atoms with Crippen LogP contribution in [0.4, 0.5) is 0 Å². The van der Waals surface area contributed by atoms with E-state index in [0.29, 0.717) is 0 Å². The van der Waals surface area contributed by atoms with Gasteiger partial charge in [-0.3, -0.25) is 5.10 Å². The highest BCUT2D eigenvalue weighted by Crippen LogP contribution is 2.12. The van der Waals surface area contributed by atoms with Gasteiger partial charge in [0.05, 0.1) is 6.10 Å². The van der Waals surface area contributed by atoms with Crippen molar-refractivity contribution in [2.75, 3.05) is 12.9 Å². The Kier molecular flexibility index (Phi) is 3.38. The molecule has 5 heteroatoms. The Bertz CT molecular complexity index is 190. The summed E-state index contributed by atoms with van der Waals surface area (Å²) in [5.74, 6) is 0.895. The first-order valence-corrected chi connectivity index (χ1v) is 4.32. The summed E-state index contributed by atoms with van der Waals surface area (Å²) in [4.78, 5) is 3.96. The van der Waals surface area contributed by atoms with Crippen LogP contribution in [0.25, 0.3) is 0 Å². The van der Waals surface area contributed by atoms with E-state index >= 15 is 0 Å². The number of nitrogens with zero attached hydrogens (tertiary/aromatic N) is 2. The lowest BCUT2D eigenvalue weighted by Crippen LogP contribution is -2.07. The van der Waals surface area contributed by atoms with Crippen LogP contribution >= 0.6 is 11.8 Å². The normalized spacial score (nSPS) is 13.3. The lowest BCUT2D eigenvalue weighted by molar-refractivity contribution is 0.138. The molecular formula is C6H11N3OS. The Morgan fingerprint density at radius 2 is 2.64 bits per heavy atom. The molecule has 0 amide bonds. The van der Waals surface area contributed by atoms with Crippen molar-refractivity contribution < 1.29 is 4.74 Å². The highest BCUT2D eigenvalue weighted by atomic mass is 32.2. The summed E-state index contributed by atoms with van der Waals surface area (Å²) in [6, 6.07) is 0. The van der Waals surface area contributed by atoms with Gasteiger partial charge in [-0.2, -0.15) is 5.10 Å². The van der Waals surface area contributed by atoms with Crippen molar-refractivity contribution >= 4 is 11.8 Å². The molecule has 0 fully saturated rings. The number of nitrogens with one attached hydrogen (secondary N) is 1. The third-order valence-electron chi connectivity index (χ3n) is 1.25. The number of methoxy groups -OCH3 is 1. The fourth-order valence-corrected chi connectivity index (χ4v) is 1.30. The highest BCUT2D eigenvalue weighted by Gasteiger charge is 2.01. The van der Waals surface area contributed by atoms with E-state index in [2.05, 4.69) is 15.2 Å². The number of aromatic amines is 1. The van der Waals surface area contributed by atoms with Crippen molar-refractivity contribution in [3.05, 3.63) is 6.33 Å². The molecule has 11 heavy (non-hydrogen) atoms. The molecule has 1 N–H and O–H groups in total. The standard InChI is InChI=1S/C6H11N3OS/c1-5(10-2)3-11-6-7-4-8-9-6/h4-5H,3H2,1-2H3,(H,7,8,9). The molecule has 0 aliphatic heterocycles. The minimum Gasteiger partial charge on any atom is -0.381 e. The van der Waals surface area contributed by atoms with Gasteiger partial charge in [-0.25, -0.2) is 4.98 Å². The highest BCUT2D eigenvalue weighted by molar-refractivity contribution is 7.99. The average molecular weight is 173 g/mol. The van der Waals surface area contributed by atoms with E-state index in [1.807, 2.05) is 6.92 Å². The van der Waals surface area contributed by atoms with Crippen LogP contribution in [-0.4, -0.2) is 34.1 Å². The van der Waals surface area contributed by atoms with Crippen LogP contribution in [0.2, 0.25) is 0 Å². The third kappa shape index (κ3) is 2.90. The van der Waals surface area contributed by atoms with Gasteiger partial charge in [0.15, 0.2) is 5.16 Å². The quantitative estimate of drug-likeness (QED) is 0.688. The molecule has 62 valence electrons. The molecule has 0 bridgehead atoms. The van der Waals surface area contributed by atoms with Crippen molar-refractivity contribution in [1.82, 2.24) is 15.2 Å². The second kappa shape index (κ2) is 4.35. The van der Waals surface area contributed by atoms with Crippen molar-refractivity contribution in [1.29, 1.82) is 0 Å². The van der Waals surface area contributed by atoms with Gasteiger partial charge in [-0.15, -0.1) is 0 Å². The van der Waals surface area contributed by atoms with Crippen LogP contribution in [0.3, 0.4) is 0 Å². The van der Waals surface area contributed by atoms with Crippen LogP contribution < -0.4 is 0 Å². The monoisotopic (exact) mass is 173 g/mol. The van der Waals surface area contributed by atoms with Crippen LogP contribution in [0.5, 0.6) is 0 Å². The second-order valence-electron chi connectivity index (χ2n) is 2.15. The van der Waals surface area contributed by atoms with Crippen LogP contribution in [0.1, 0.15) is 6.92 Å². The van der Waals surface area contributed by atoms with Crippen LogP contribution in [0.15, 0.2) is 11.5 Å². The molecule has 4 nitrogen and oxygen atoms in total. The molecule has 0 spiro atoms. The number of ether oxygens (including phenoxy) is 1. The number of hydrogen-bond donors (Lipinski definition) is 1. The van der Waals surface area contributed by atoms with Crippen molar-refractivity contribution in [3.8, 4) is 0 Å². The topological polar surface area (TPSA) is 50.8 Å². The van der Waals surface area contributed by atoms with E-state index in [1.165, 1.54) is 6.33 Å². The minimum atomic E-state index is 0.255. The molecule has 1 aromatic rings. The number of rotatable bonds is 4. The predicted octanol–water partition coefficient (Wildman–Crippen LogP) is 0.932. The van der Waals surface area contributed by atoms with E-state index in [9.17, 15) is 0 Å². The van der Waals surface area contributed by atoms with Crippen molar-refractivity contribution in [2.24, 2.45) is 0 Å². The first kappa shape index (κ1) is 8.55. The fourth-order valence-electron chi connectivity index (χ4n) is 0.528. The maximum absolute atomic E-state index is 5.07. The Balaban J connectivity index is 2.23. The Morgan fingerprint density at radius 3 is 3.18 bits per heavy atom. The van der Waals surface area contributed by atoms with Crippen LogP contribution in [0, 0.1) is 0 Å². The van der Waals surface area contributed by atoms with Crippen LogP contribution in [-0.2, 0) is 4.74 Å². The largest absolute Gasteiger partial charge is 0.381 e. The van der Waals surface area contributed by atoms with E-state index in [0.717, 1.165) is 10.9 Å². The second-order valence-corrected chi connectivity index (χ2v) is 3.16. The van der Waals surface area contributed by atoms with Gasteiger partial charge in [-0.1, -0.05) is 11.8 Å². The lowest BCUT2D eigenvalue weighted by atomic mass is 10.5. The van der Waals surface area contributed by atoms with Gasteiger partial charge >= 0.3 is 0 Å². The van der Waals surface area contributed by atoms with Gasteiger partial charge in [0.2, 0.25) is 0 Å². The molecule has 1 aromatic heterocycles. The predicted molar refractivity (Wildman–Crippen MR) is 43.6 cm³/mol. The van der Waals surface area contributed by atoms with E-state index < -0.39 is 0 Å². The molecule has 0 aromatic carbocycles. The third-order valence-corrected chi connectivity index (χ3v) is 2.36. The maximum Gasteiger partial charge on any atom is 0.183 e. The molecule has 1 unspecified atom stereocenters. The molecule has 0 aliphatic carbocycles. The Labute approximate surface area is 69.7 Å². The minimum absolute atomic E-state index is 0.255.